The van der Waals surface area contributed by atoms with Crippen molar-refractivity contribution in [1.29, 1.82) is 5.26 Å². The third-order valence-electron chi connectivity index (χ3n) is 3.83. The van der Waals surface area contributed by atoms with Crippen molar-refractivity contribution >= 4 is 0 Å². The standard InChI is InChI=1S/C24H15NO/c25-17-23-11-5-3-9-21(23)15-13-19-7-1-2-8-20(19)14-16-22-10-4-6-12-24(22)18-26/h1-12,26H,18H2. The zero-order chi connectivity index (χ0) is 18.2. The van der Waals surface area contributed by atoms with Crippen molar-refractivity contribution in [2.75, 3.05) is 0 Å². The molecule has 122 valence electrons. The van der Waals surface area contributed by atoms with Crippen LogP contribution in [0.2, 0.25) is 0 Å². The van der Waals surface area contributed by atoms with Gasteiger partial charge in [0, 0.05) is 22.3 Å². The minimum absolute atomic E-state index is 0.0444. The Balaban J connectivity index is 1.98. The summed E-state index contributed by atoms with van der Waals surface area (Å²) in [5, 5.41) is 18.6. The topological polar surface area (TPSA) is 44.0 Å². The van der Waals surface area contributed by atoms with E-state index in [2.05, 4.69) is 29.8 Å². The maximum Gasteiger partial charge on any atom is 0.100 e. The number of rotatable bonds is 1. The number of aliphatic hydroxyl groups excluding tert-OH is 1. The van der Waals surface area contributed by atoms with Crippen LogP contribution in [0.15, 0.2) is 72.8 Å². The molecule has 0 saturated carbocycles. The van der Waals surface area contributed by atoms with Crippen molar-refractivity contribution in [3.8, 4) is 29.8 Å². The van der Waals surface area contributed by atoms with Gasteiger partial charge in [0.15, 0.2) is 0 Å². The molecule has 2 heteroatoms. The van der Waals surface area contributed by atoms with Crippen LogP contribution in [0.1, 0.15) is 33.4 Å². The molecule has 0 amide bonds. The van der Waals surface area contributed by atoms with Crippen molar-refractivity contribution in [3.05, 3.63) is 106 Å². The normalized spacial score (nSPS) is 9.23. The highest BCUT2D eigenvalue weighted by Gasteiger charge is 1.99. The first-order valence-corrected chi connectivity index (χ1v) is 8.13. The van der Waals surface area contributed by atoms with Gasteiger partial charge in [-0.05, 0) is 35.9 Å². The molecule has 3 aromatic carbocycles. The van der Waals surface area contributed by atoms with Crippen LogP contribution >= 0.6 is 0 Å². The summed E-state index contributed by atoms with van der Waals surface area (Å²) in [4.78, 5) is 0. The van der Waals surface area contributed by atoms with Crippen LogP contribution in [0.3, 0.4) is 0 Å². The van der Waals surface area contributed by atoms with Gasteiger partial charge < -0.3 is 5.11 Å². The molecule has 2 nitrogen and oxygen atoms in total. The van der Waals surface area contributed by atoms with Crippen molar-refractivity contribution in [1.82, 2.24) is 0 Å². The number of benzene rings is 3. The van der Waals surface area contributed by atoms with Gasteiger partial charge in [0.05, 0.1) is 12.2 Å². The van der Waals surface area contributed by atoms with Gasteiger partial charge in [0.1, 0.15) is 6.07 Å². The van der Waals surface area contributed by atoms with E-state index < -0.39 is 0 Å². The van der Waals surface area contributed by atoms with Gasteiger partial charge in [-0.15, -0.1) is 0 Å². The zero-order valence-corrected chi connectivity index (χ0v) is 14.0. The molecule has 0 aliphatic heterocycles. The number of nitrogens with zero attached hydrogens (tertiary/aromatic N) is 1. The summed E-state index contributed by atoms with van der Waals surface area (Å²) >= 11 is 0. The van der Waals surface area contributed by atoms with Gasteiger partial charge in [-0.2, -0.15) is 5.26 Å². The Morgan fingerprint density at radius 3 is 1.46 bits per heavy atom. The van der Waals surface area contributed by atoms with Crippen LogP contribution < -0.4 is 0 Å². The summed E-state index contributed by atoms with van der Waals surface area (Å²) in [7, 11) is 0. The summed E-state index contributed by atoms with van der Waals surface area (Å²) in [5.74, 6) is 12.4. The zero-order valence-electron chi connectivity index (χ0n) is 14.0. The minimum atomic E-state index is -0.0444. The van der Waals surface area contributed by atoms with E-state index in [1.165, 1.54) is 0 Å². The van der Waals surface area contributed by atoms with Gasteiger partial charge in [-0.1, -0.05) is 66.1 Å². The van der Waals surface area contributed by atoms with Crippen LogP contribution in [-0.4, -0.2) is 5.11 Å². The molecular weight excluding hydrogens is 318 g/mol. The van der Waals surface area contributed by atoms with E-state index in [1.54, 1.807) is 6.07 Å². The van der Waals surface area contributed by atoms with E-state index in [0.717, 1.165) is 22.3 Å². The average Bonchev–Trinajstić information content (AvgIpc) is 2.71. The molecule has 0 aliphatic carbocycles. The maximum atomic E-state index is 9.41. The van der Waals surface area contributed by atoms with Gasteiger partial charge in [0.25, 0.3) is 0 Å². The fourth-order valence-corrected chi connectivity index (χ4v) is 2.44. The second kappa shape index (κ2) is 8.36. The van der Waals surface area contributed by atoms with Crippen molar-refractivity contribution in [3.63, 3.8) is 0 Å². The number of aliphatic hydroxyl groups is 1. The molecule has 1 N–H and O–H groups in total. The van der Waals surface area contributed by atoms with Gasteiger partial charge in [-0.3, -0.25) is 0 Å². The summed E-state index contributed by atoms with van der Waals surface area (Å²) < 4.78 is 0. The molecule has 0 fully saturated rings. The molecule has 0 unspecified atom stereocenters. The molecule has 0 bridgehead atoms. The van der Waals surface area contributed by atoms with Gasteiger partial charge >= 0.3 is 0 Å². The molecular formula is C24H15NO. The van der Waals surface area contributed by atoms with E-state index in [4.69, 9.17) is 5.26 Å². The molecule has 0 aliphatic rings. The molecule has 0 saturated heterocycles. The largest absolute Gasteiger partial charge is 0.392 e. The van der Waals surface area contributed by atoms with Crippen LogP contribution in [0.5, 0.6) is 0 Å². The third kappa shape index (κ3) is 4.00. The van der Waals surface area contributed by atoms with E-state index in [-0.39, 0.29) is 6.61 Å². The van der Waals surface area contributed by atoms with E-state index in [1.807, 2.05) is 66.7 Å². The van der Waals surface area contributed by atoms with Crippen molar-refractivity contribution < 1.29 is 5.11 Å². The van der Waals surface area contributed by atoms with E-state index in [9.17, 15) is 5.11 Å². The van der Waals surface area contributed by atoms with Gasteiger partial charge in [0.2, 0.25) is 0 Å². The SMILES string of the molecule is N#Cc1ccccc1C#Cc1ccccc1C#Cc1ccccc1CO. The lowest BCUT2D eigenvalue weighted by Gasteiger charge is -1.99. The summed E-state index contributed by atoms with van der Waals surface area (Å²) in [6.07, 6.45) is 0. The molecule has 0 spiro atoms. The Bertz CT molecular complexity index is 1100. The van der Waals surface area contributed by atoms with Crippen molar-refractivity contribution in [2.24, 2.45) is 0 Å². The van der Waals surface area contributed by atoms with Crippen molar-refractivity contribution in [2.45, 2.75) is 6.61 Å². The predicted molar refractivity (Wildman–Crippen MR) is 102 cm³/mol. The number of hydrogen-bond donors (Lipinski definition) is 1. The number of nitriles is 1. The summed E-state index contributed by atoms with van der Waals surface area (Å²) in [6.45, 7) is -0.0444. The Hall–Kier alpha value is -3.77. The highest BCUT2D eigenvalue weighted by Crippen LogP contribution is 2.11. The molecule has 0 aromatic heterocycles. The van der Waals surface area contributed by atoms with E-state index >= 15 is 0 Å². The molecule has 0 heterocycles. The molecule has 26 heavy (non-hydrogen) atoms. The van der Waals surface area contributed by atoms with E-state index in [0.29, 0.717) is 11.1 Å². The second-order valence-corrected chi connectivity index (χ2v) is 5.52. The Kier molecular flexibility index (Phi) is 5.49. The Morgan fingerprint density at radius 2 is 0.962 bits per heavy atom. The molecule has 3 aromatic rings. The van der Waals surface area contributed by atoms with Crippen LogP contribution in [0, 0.1) is 35.0 Å². The monoisotopic (exact) mass is 333 g/mol. The lowest BCUT2D eigenvalue weighted by Crippen LogP contribution is -1.89. The first kappa shape index (κ1) is 17.1. The molecule has 0 radical (unpaired) electrons. The van der Waals surface area contributed by atoms with Crippen LogP contribution in [0.25, 0.3) is 0 Å². The first-order chi connectivity index (χ1) is 12.8. The quantitative estimate of drug-likeness (QED) is 0.688. The van der Waals surface area contributed by atoms with Crippen LogP contribution in [-0.2, 0) is 6.61 Å². The summed E-state index contributed by atoms with van der Waals surface area (Å²) in [5.41, 5.74) is 4.46. The highest BCUT2D eigenvalue weighted by atomic mass is 16.3. The Morgan fingerprint density at radius 1 is 0.577 bits per heavy atom. The fourth-order valence-electron chi connectivity index (χ4n) is 2.44. The maximum absolute atomic E-state index is 9.41. The number of hydrogen-bond acceptors (Lipinski definition) is 2. The fraction of sp³-hybridized carbons (Fsp3) is 0.0417. The van der Waals surface area contributed by atoms with Crippen LogP contribution in [0.4, 0.5) is 0 Å². The summed E-state index contributed by atoms with van der Waals surface area (Å²) in [6, 6.07) is 24.6. The molecule has 3 rings (SSSR count). The smallest absolute Gasteiger partial charge is 0.100 e. The Labute approximate surface area is 153 Å². The average molecular weight is 333 g/mol. The lowest BCUT2D eigenvalue weighted by molar-refractivity contribution is 0.281. The second-order valence-electron chi connectivity index (χ2n) is 5.52. The minimum Gasteiger partial charge on any atom is -0.392 e. The highest BCUT2D eigenvalue weighted by molar-refractivity contribution is 5.56. The van der Waals surface area contributed by atoms with Gasteiger partial charge in [-0.25, -0.2) is 0 Å². The first-order valence-electron chi connectivity index (χ1n) is 8.13. The lowest BCUT2D eigenvalue weighted by atomic mass is 10.0. The third-order valence-corrected chi connectivity index (χ3v) is 3.83. The predicted octanol–water partition coefficient (Wildman–Crippen LogP) is 3.85. The molecule has 0 atom stereocenters.